The third kappa shape index (κ3) is 15.2. The summed E-state index contributed by atoms with van der Waals surface area (Å²) in [5, 5.41) is 17.8. The van der Waals surface area contributed by atoms with Gasteiger partial charge in [-0.05, 0) is 68.6 Å². The lowest BCUT2D eigenvalue weighted by Gasteiger charge is -2.39. The third-order valence-electron chi connectivity index (χ3n) is 7.72. The summed E-state index contributed by atoms with van der Waals surface area (Å²) in [5.41, 5.74) is 0. The first-order valence-electron chi connectivity index (χ1n) is 14.8. The Balaban J connectivity index is 2.82. The summed E-state index contributed by atoms with van der Waals surface area (Å²) in [7, 11) is 0. The molecule has 0 saturated heterocycles. The van der Waals surface area contributed by atoms with Crippen LogP contribution in [0.5, 0.6) is 0 Å². The van der Waals surface area contributed by atoms with Crippen LogP contribution in [0.3, 0.4) is 0 Å². The Labute approximate surface area is 215 Å². The molecule has 0 spiro atoms. The van der Waals surface area contributed by atoms with E-state index in [1.165, 1.54) is 64.2 Å². The number of allylic oxidation sites excluding steroid dienone is 4. The fourth-order valence-corrected chi connectivity index (χ4v) is 5.69. The van der Waals surface area contributed by atoms with Gasteiger partial charge in [0, 0.05) is 12.8 Å². The molecule has 1 rings (SSSR count). The molecule has 4 atom stereocenters. The number of aliphatic carboxylic acids is 2. The number of rotatable bonds is 22. The molecule has 0 aliphatic heterocycles. The third-order valence-corrected chi connectivity index (χ3v) is 7.72. The average molecular weight is 491 g/mol. The summed E-state index contributed by atoms with van der Waals surface area (Å²) in [4.78, 5) is 21.7. The minimum absolute atomic E-state index is 0.282. The van der Waals surface area contributed by atoms with Gasteiger partial charge < -0.3 is 10.2 Å². The summed E-state index contributed by atoms with van der Waals surface area (Å²) in [6.45, 7) is 4.53. The van der Waals surface area contributed by atoms with Gasteiger partial charge in [0.25, 0.3) is 0 Å². The van der Waals surface area contributed by atoms with Crippen LogP contribution >= 0.6 is 0 Å². The van der Waals surface area contributed by atoms with Crippen molar-refractivity contribution in [1.82, 2.24) is 0 Å². The highest BCUT2D eigenvalue weighted by Crippen LogP contribution is 2.43. The van der Waals surface area contributed by atoms with Crippen molar-refractivity contribution >= 4 is 11.9 Å². The maximum atomic E-state index is 10.9. The molecule has 0 saturated carbocycles. The zero-order valence-corrected chi connectivity index (χ0v) is 22.8. The number of unbranched alkanes of at least 4 members (excludes halogenated alkanes) is 10. The van der Waals surface area contributed by atoms with Crippen molar-refractivity contribution in [3.8, 4) is 0 Å². The highest BCUT2D eigenvalue weighted by Gasteiger charge is 2.33. The Morgan fingerprint density at radius 3 is 1.83 bits per heavy atom. The summed E-state index contributed by atoms with van der Waals surface area (Å²) < 4.78 is 0. The Morgan fingerprint density at radius 1 is 0.657 bits per heavy atom. The van der Waals surface area contributed by atoms with Crippen LogP contribution in [0.2, 0.25) is 0 Å². The standard InChI is InChI=1S/C31H54O4/c1-3-5-7-8-14-20-28-26(18-12-6-4-2)24-25-27(19-13-9-10-16-22-30(32)33)29(28)21-15-11-17-23-31(34)35/h14,20,24-29H,3-13,15-19,21-23H2,1-2H3,(H,32,33)(H,34,35). The maximum absolute atomic E-state index is 10.9. The van der Waals surface area contributed by atoms with Crippen molar-refractivity contribution in [2.45, 2.75) is 136 Å². The minimum Gasteiger partial charge on any atom is -0.481 e. The maximum Gasteiger partial charge on any atom is 0.303 e. The van der Waals surface area contributed by atoms with Crippen LogP contribution in [0.15, 0.2) is 24.3 Å². The van der Waals surface area contributed by atoms with E-state index >= 15 is 0 Å². The molecule has 1 aliphatic rings. The molecule has 0 heterocycles. The lowest BCUT2D eigenvalue weighted by atomic mass is 9.66. The van der Waals surface area contributed by atoms with Gasteiger partial charge in [0.05, 0.1) is 0 Å². The molecule has 0 aromatic rings. The monoisotopic (exact) mass is 490 g/mol. The van der Waals surface area contributed by atoms with Gasteiger partial charge >= 0.3 is 11.9 Å². The second-order valence-electron chi connectivity index (χ2n) is 10.7. The molecule has 4 heteroatoms. The summed E-state index contributed by atoms with van der Waals surface area (Å²) in [6.07, 6.45) is 30.1. The van der Waals surface area contributed by atoms with Gasteiger partial charge in [-0.2, -0.15) is 0 Å². The van der Waals surface area contributed by atoms with Gasteiger partial charge in [-0.1, -0.05) is 102 Å². The van der Waals surface area contributed by atoms with E-state index in [0.717, 1.165) is 44.9 Å². The van der Waals surface area contributed by atoms with Crippen LogP contribution in [0.25, 0.3) is 0 Å². The lowest BCUT2D eigenvalue weighted by Crippen LogP contribution is -2.30. The molecule has 35 heavy (non-hydrogen) atoms. The van der Waals surface area contributed by atoms with Crippen molar-refractivity contribution in [2.24, 2.45) is 23.7 Å². The van der Waals surface area contributed by atoms with Crippen LogP contribution in [0.4, 0.5) is 0 Å². The van der Waals surface area contributed by atoms with Crippen molar-refractivity contribution < 1.29 is 19.8 Å². The molecular formula is C31H54O4. The van der Waals surface area contributed by atoms with E-state index in [4.69, 9.17) is 10.2 Å². The number of hydrogen-bond donors (Lipinski definition) is 2. The molecule has 0 bridgehead atoms. The average Bonchev–Trinajstić information content (AvgIpc) is 2.82. The number of hydrogen-bond acceptors (Lipinski definition) is 2. The molecule has 202 valence electrons. The molecule has 0 aromatic heterocycles. The number of carbonyl (C=O) groups is 2. The van der Waals surface area contributed by atoms with E-state index < -0.39 is 11.9 Å². The van der Waals surface area contributed by atoms with E-state index in [1.54, 1.807) is 0 Å². The smallest absolute Gasteiger partial charge is 0.303 e. The first-order valence-corrected chi connectivity index (χ1v) is 14.8. The topological polar surface area (TPSA) is 74.6 Å². The fraction of sp³-hybridized carbons (Fsp3) is 0.806. The van der Waals surface area contributed by atoms with E-state index in [2.05, 4.69) is 38.2 Å². The molecule has 0 radical (unpaired) electrons. The van der Waals surface area contributed by atoms with Crippen molar-refractivity contribution in [3.05, 3.63) is 24.3 Å². The van der Waals surface area contributed by atoms with Crippen LogP contribution in [0.1, 0.15) is 136 Å². The van der Waals surface area contributed by atoms with E-state index in [9.17, 15) is 9.59 Å². The highest BCUT2D eigenvalue weighted by molar-refractivity contribution is 5.66. The van der Waals surface area contributed by atoms with Gasteiger partial charge in [0.15, 0.2) is 0 Å². The Hall–Kier alpha value is -1.58. The minimum atomic E-state index is -0.689. The second-order valence-corrected chi connectivity index (χ2v) is 10.7. The molecule has 0 aromatic carbocycles. The van der Waals surface area contributed by atoms with Crippen molar-refractivity contribution in [1.29, 1.82) is 0 Å². The van der Waals surface area contributed by atoms with E-state index in [-0.39, 0.29) is 12.8 Å². The molecule has 0 amide bonds. The van der Waals surface area contributed by atoms with Crippen LogP contribution < -0.4 is 0 Å². The zero-order chi connectivity index (χ0) is 25.7. The Morgan fingerprint density at radius 2 is 1.17 bits per heavy atom. The highest BCUT2D eigenvalue weighted by atomic mass is 16.4. The Kier molecular flexibility index (Phi) is 18.5. The molecule has 4 unspecified atom stereocenters. The van der Waals surface area contributed by atoms with Gasteiger partial charge in [0.1, 0.15) is 0 Å². The molecule has 1 aliphatic carbocycles. The van der Waals surface area contributed by atoms with Crippen molar-refractivity contribution in [2.75, 3.05) is 0 Å². The second kappa shape index (κ2) is 20.6. The quantitative estimate of drug-likeness (QED) is 0.117. The van der Waals surface area contributed by atoms with Crippen LogP contribution in [-0.2, 0) is 9.59 Å². The largest absolute Gasteiger partial charge is 0.481 e. The fourth-order valence-electron chi connectivity index (χ4n) is 5.69. The lowest BCUT2D eigenvalue weighted by molar-refractivity contribution is -0.138. The van der Waals surface area contributed by atoms with E-state index in [1.807, 2.05) is 0 Å². The normalized spacial score (nSPS) is 22.1. The van der Waals surface area contributed by atoms with Crippen LogP contribution in [-0.4, -0.2) is 22.2 Å². The van der Waals surface area contributed by atoms with Gasteiger partial charge in [-0.3, -0.25) is 9.59 Å². The molecular weight excluding hydrogens is 436 g/mol. The number of carboxylic acids is 2. The zero-order valence-electron chi connectivity index (χ0n) is 22.8. The number of carboxylic acid groups (broad SMARTS) is 2. The molecule has 4 nitrogen and oxygen atoms in total. The summed E-state index contributed by atoms with van der Waals surface area (Å²) in [6, 6.07) is 0. The van der Waals surface area contributed by atoms with Gasteiger partial charge in [-0.15, -0.1) is 0 Å². The van der Waals surface area contributed by atoms with Gasteiger partial charge in [-0.25, -0.2) is 0 Å². The molecule has 2 N–H and O–H groups in total. The summed E-state index contributed by atoms with van der Waals surface area (Å²) >= 11 is 0. The predicted octanol–water partition coefficient (Wildman–Crippen LogP) is 9.20. The first kappa shape index (κ1) is 31.4. The molecule has 0 fully saturated rings. The summed E-state index contributed by atoms with van der Waals surface area (Å²) in [5.74, 6) is 1.07. The predicted molar refractivity (Wildman–Crippen MR) is 147 cm³/mol. The van der Waals surface area contributed by atoms with Crippen molar-refractivity contribution in [3.63, 3.8) is 0 Å². The van der Waals surface area contributed by atoms with E-state index in [0.29, 0.717) is 23.7 Å². The van der Waals surface area contributed by atoms with Gasteiger partial charge in [0.2, 0.25) is 0 Å². The SMILES string of the molecule is CCCCCC=CC1C(CCCCC)C=CC(CCCCCCC(=O)O)C1CCCCCC(=O)O. The Bertz CT molecular complexity index is 609. The first-order chi connectivity index (χ1) is 17.0. The van der Waals surface area contributed by atoms with Crippen LogP contribution in [0, 0.1) is 23.7 Å².